The molecule has 34 heavy (non-hydrogen) atoms. The van der Waals surface area contributed by atoms with E-state index in [1.54, 1.807) is 23.1 Å². The number of benzene rings is 2. The van der Waals surface area contributed by atoms with E-state index in [0.717, 1.165) is 32.1 Å². The van der Waals surface area contributed by atoms with Gasteiger partial charge in [-0.3, -0.25) is 14.5 Å². The highest BCUT2D eigenvalue weighted by Crippen LogP contribution is 2.33. The van der Waals surface area contributed by atoms with E-state index in [1.807, 2.05) is 0 Å². The molecule has 2 aliphatic carbocycles. The molecular weight excluding hydrogens is 429 g/mol. The summed E-state index contributed by atoms with van der Waals surface area (Å²) in [4.78, 5) is 30.5. The monoisotopic (exact) mass is 463 g/mol. The second-order valence-corrected chi connectivity index (χ2v) is 9.95. The predicted molar refractivity (Wildman–Crippen MR) is 130 cm³/mol. The SMILES string of the molecule is O=C(N[C@@H]1CCCc2ccccc21)[C@@H](C1CCCC1)N1CCN(C(=O)c2ccccc2F)CC1. The summed E-state index contributed by atoms with van der Waals surface area (Å²) < 4.78 is 14.1. The summed E-state index contributed by atoms with van der Waals surface area (Å²) in [5, 5.41) is 3.41. The lowest BCUT2D eigenvalue weighted by atomic mass is 9.87. The maximum absolute atomic E-state index is 14.1. The van der Waals surface area contributed by atoms with Crippen molar-refractivity contribution in [2.24, 2.45) is 5.92 Å². The molecule has 5 rings (SSSR count). The number of rotatable bonds is 5. The number of piperazine rings is 1. The Morgan fingerprint density at radius 1 is 0.882 bits per heavy atom. The minimum atomic E-state index is -0.481. The average Bonchev–Trinajstić information content (AvgIpc) is 3.39. The molecule has 0 unspecified atom stereocenters. The molecule has 1 N–H and O–H groups in total. The molecule has 0 bridgehead atoms. The number of fused-ring (bicyclic) bond motifs is 1. The number of aryl methyl sites for hydroxylation is 1. The second kappa shape index (κ2) is 10.3. The van der Waals surface area contributed by atoms with Crippen molar-refractivity contribution in [1.82, 2.24) is 15.1 Å². The molecule has 180 valence electrons. The van der Waals surface area contributed by atoms with Crippen molar-refractivity contribution in [1.29, 1.82) is 0 Å². The maximum atomic E-state index is 14.1. The molecule has 2 atom stereocenters. The molecule has 3 aliphatic rings. The van der Waals surface area contributed by atoms with Crippen LogP contribution < -0.4 is 5.32 Å². The number of carbonyl (C=O) groups excluding carboxylic acids is 2. The van der Waals surface area contributed by atoms with Gasteiger partial charge in [0.1, 0.15) is 5.82 Å². The number of hydrogen-bond donors (Lipinski definition) is 1. The van der Waals surface area contributed by atoms with Crippen LogP contribution in [0, 0.1) is 11.7 Å². The van der Waals surface area contributed by atoms with Gasteiger partial charge in [0.25, 0.3) is 5.91 Å². The Balaban J connectivity index is 1.27. The van der Waals surface area contributed by atoms with Crippen LogP contribution in [0.4, 0.5) is 4.39 Å². The lowest BCUT2D eigenvalue weighted by molar-refractivity contribution is -0.130. The highest BCUT2D eigenvalue weighted by molar-refractivity contribution is 5.94. The van der Waals surface area contributed by atoms with Gasteiger partial charge < -0.3 is 10.2 Å². The maximum Gasteiger partial charge on any atom is 0.256 e. The van der Waals surface area contributed by atoms with Crippen LogP contribution in [-0.2, 0) is 11.2 Å². The first-order chi connectivity index (χ1) is 16.6. The molecule has 6 heteroatoms. The number of carbonyl (C=O) groups is 2. The first kappa shape index (κ1) is 23.0. The van der Waals surface area contributed by atoms with Crippen LogP contribution in [-0.4, -0.2) is 53.8 Å². The van der Waals surface area contributed by atoms with E-state index in [9.17, 15) is 14.0 Å². The molecule has 1 saturated heterocycles. The third-order valence-electron chi connectivity index (χ3n) is 7.90. The number of hydrogen-bond acceptors (Lipinski definition) is 3. The van der Waals surface area contributed by atoms with Crippen molar-refractivity contribution >= 4 is 11.8 Å². The molecule has 1 saturated carbocycles. The minimum Gasteiger partial charge on any atom is -0.348 e. The Hall–Kier alpha value is -2.73. The van der Waals surface area contributed by atoms with Gasteiger partial charge in [-0.1, -0.05) is 49.2 Å². The van der Waals surface area contributed by atoms with Crippen molar-refractivity contribution in [3.63, 3.8) is 0 Å². The fraction of sp³-hybridized carbons (Fsp3) is 0.500. The predicted octanol–water partition coefficient (Wildman–Crippen LogP) is 4.34. The van der Waals surface area contributed by atoms with Gasteiger partial charge in [-0.2, -0.15) is 0 Å². The highest BCUT2D eigenvalue weighted by atomic mass is 19.1. The van der Waals surface area contributed by atoms with E-state index in [-0.39, 0.29) is 29.5 Å². The smallest absolute Gasteiger partial charge is 0.256 e. The van der Waals surface area contributed by atoms with Gasteiger partial charge in [-0.25, -0.2) is 4.39 Å². The lowest BCUT2D eigenvalue weighted by Crippen LogP contribution is -2.58. The Bertz CT molecular complexity index is 1030. The molecule has 0 radical (unpaired) electrons. The standard InChI is InChI=1S/C28H34FN3O2/c29-24-14-6-5-13-23(24)28(34)32-18-16-31(17-19-32)26(21-9-1-2-10-21)27(33)30-25-15-7-11-20-8-3-4-12-22(20)25/h3-6,8,12-14,21,25-26H,1-2,7,9-11,15-19H2,(H,30,33)/t25-,26-/m1/s1. The summed E-state index contributed by atoms with van der Waals surface area (Å²) in [6.45, 7) is 2.29. The number of nitrogens with one attached hydrogen (secondary N) is 1. The van der Waals surface area contributed by atoms with E-state index in [1.165, 1.54) is 30.0 Å². The Kier molecular flexibility index (Phi) is 6.95. The van der Waals surface area contributed by atoms with E-state index < -0.39 is 5.82 Å². The molecule has 1 aliphatic heterocycles. The largest absolute Gasteiger partial charge is 0.348 e. The van der Waals surface area contributed by atoms with Crippen LogP contribution in [0.25, 0.3) is 0 Å². The lowest BCUT2D eigenvalue weighted by Gasteiger charge is -2.41. The second-order valence-electron chi connectivity index (χ2n) is 9.95. The molecular formula is C28H34FN3O2. The van der Waals surface area contributed by atoms with Crippen LogP contribution in [0.1, 0.15) is 66.1 Å². The average molecular weight is 464 g/mol. The van der Waals surface area contributed by atoms with Gasteiger partial charge in [0.15, 0.2) is 0 Å². The van der Waals surface area contributed by atoms with Gasteiger partial charge in [-0.15, -0.1) is 0 Å². The van der Waals surface area contributed by atoms with Gasteiger partial charge >= 0.3 is 0 Å². The summed E-state index contributed by atoms with van der Waals surface area (Å²) in [5.41, 5.74) is 2.72. The molecule has 2 aromatic rings. The first-order valence-electron chi connectivity index (χ1n) is 12.8. The molecule has 2 aromatic carbocycles. The van der Waals surface area contributed by atoms with Gasteiger partial charge in [0.2, 0.25) is 5.91 Å². The Morgan fingerprint density at radius 3 is 2.35 bits per heavy atom. The van der Waals surface area contributed by atoms with Crippen molar-refractivity contribution in [2.75, 3.05) is 26.2 Å². The van der Waals surface area contributed by atoms with Crippen molar-refractivity contribution in [3.8, 4) is 0 Å². The first-order valence-corrected chi connectivity index (χ1v) is 12.8. The Morgan fingerprint density at radius 2 is 1.59 bits per heavy atom. The van der Waals surface area contributed by atoms with Crippen LogP contribution in [0.3, 0.4) is 0 Å². The number of halogens is 1. The minimum absolute atomic E-state index is 0.0743. The van der Waals surface area contributed by atoms with Crippen LogP contribution in [0.15, 0.2) is 48.5 Å². The third kappa shape index (κ3) is 4.74. The molecule has 0 aromatic heterocycles. The van der Waals surface area contributed by atoms with Gasteiger partial charge in [0.05, 0.1) is 17.6 Å². The normalized spacial score (nSPS) is 22.3. The summed E-state index contributed by atoms with van der Waals surface area (Å²) >= 11 is 0. The fourth-order valence-corrected chi connectivity index (χ4v) is 6.12. The zero-order valence-electron chi connectivity index (χ0n) is 19.7. The number of amides is 2. The quantitative estimate of drug-likeness (QED) is 0.718. The zero-order chi connectivity index (χ0) is 23.5. The van der Waals surface area contributed by atoms with Gasteiger partial charge in [-0.05, 0) is 61.3 Å². The summed E-state index contributed by atoms with van der Waals surface area (Å²) in [6, 6.07) is 14.5. The molecule has 1 heterocycles. The fourth-order valence-electron chi connectivity index (χ4n) is 6.12. The molecule has 5 nitrogen and oxygen atoms in total. The molecule has 0 spiro atoms. The van der Waals surface area contributed by atoms with E-state index in [4.69, 9.17) is 0 Å². The van der Waals surface area contributed by atoms with Crippen molar-refractivity contribution in [3.05, 3.63) is 71.0 Å². The number of nitrogens with zero attached hydrogens (tertiary/aromatic N) is 2. The molecule has 2 fully saturated rings. The van der Waals surface area contributed by atoms with Crippen molar-refractivity contribution in [2.45, 2.75) is 57.0 Å². The van der Waals surface area contributed by atoms with Crippen LogP contribution in [0.5, 0.6) is 0 Å². The highest BCUT2D eigenvalue weighted by Gasteiger charge is 2.38. The molecule has 2 amide bonds. The van der Waals surface area contributed by atoms with Crippen molar-refractivity contribution < 1.29 is 14.0 Å². The van der Waals surface area contributed by atoms with Crippen LogP contribution >= 0.6 is 0 Å². The topological polar surface area (TPSA) is 52.7 Å². The van der Waals surface area contributed by atoms with E-state index in [2.05, 4.69) is 34.5 Å². The summed E-state index contributed by atoms with van der Waals surface area (Å²) in [5.74, 6) is -0.264. The third-order valence-corrected chi connectivity index (χ3v) is 7.90. The Labute approximate surface area is 201 Å². The zero-order valence-corrected chi connectivity index (χ0v) is 19.7. The van der Waals surface area contributed by atoms with Gasteiger partial charge in [0, 0.05) is 26.2 Å². The van der Waals surface area contributed by atoms with E-state index >= 15 is 0 Å². The van der Waals surface area contributed by atoms with E-state index in [0.29, 0.717) is 32.1 Å². The summed E-state index contributed by atoms with van der Waals surface area (Å²) in [6.07, 6.45) is 7.64. The summed E-state index contributed by atoms with van der Waals surface area (Å²) in [7, 11) is 0. The van der Waals surface area contributed by atoms with Crippen LogP contribution in [0.2, 0.25) is 0 Å².